The lowest BCUT2D eigenvalue weighted by Gasteiger charge is -2.05. The molecule has 7 heteroatoms. The van der Waals surface area contributed by atoms with Gasteiger partial charge in [0, 0.05) is 0 Å². The van der Waals surface area contributed by atoms with Gasteiger partial charge in [0.1, 0.15) is 21.4 Å². The summed E-state index contributed by atoms with van der Waals surface area (Å²) in [5.74, 6) is -1.70. The summed E-state index contributed by atoms with van der Waals surface area (Å²) >= 11 is 16.3. The number of Topliss-reactive ketones (excluding diaryl/α,β-unsaturated/α-hetero) is 1. The minimum atomic E-state index is -0.849. The lowest BCUT2D eigenvalue weighted by Crippen LogP contribution is -2.17. The normalized spacial score (nSPS) is 10.8. The monoisotopic (exact) mass is 300 g/mol. The maximum absolute atomic E-state index is 11.7. The van der Waals surface area contributed by atoms with Gasteiger partial charge in [-0.3, -0.25) is 4.79 Å². The minimum absolute atomic E-state index is 0.117. The summed E-state index contributed by atoms with van der Waals surface area (Å²) in [6.45, 7) is 3.69. The van der Waals surface area contributed by atoms with Crippen molar-refractivity contribution in [1.29, 1.82) is 0 Å². The van der Waals surface area contributed by atoms with Gasteiger partial charge in [0.05, 0.1) is 13.2 Å². The van der Waals surface area contributed by atoms with Crippen LogP contribution in [0.25, 0.3) is 0 Å². The summed E-state index contributed by atoms with van der Waals surface area (Å²) in [5.41, 5.74) is -0.363. The molecule has 17 heavy (non-hydrogen) atoms. The molecule has 0 aliphatic carbocycles. The molecule has 0 radical (unpaired) electrons. The van der Waals surface area contributed by atoms with E-state index < -0.39 is 21.3 Å². The minimum Gasteiger partial charge on any atom is -0.500 e. The maximum Gasteiger partial charge on any atom is 0.345 e. The smallest absolute Gasteiger partial charge is 0.345 e. The molecule has 0 atom stereocenters. The van der Waals surface area contributed by atoms with E-state index >= 15 is 0 Å². The van der Waals surface area contributed by atoms with Crippen LogP contribution < -0.4 is 0 Å². The van der Waals surface area contributed by atoms with Crippen molar-refractivity contribution in [3.63, 3.8) is 0 Å². The number of esters is 1. The first-order valence-electron chi connectivity index (χ1n) is 4.70. The SMILES string of the molecule is CCO/C=C(\C(=O)OCC)C(=O)C(Cl)=C(Cl)Cl. The summed E-state index contributed by atoms with van der Waals surface area (Å²) in [6.07, 6.45) is 0.972. The molecule has 0 aliphatic heterocycles. The van der Waals surface area contributed by atoms with Crippen molar-refractivity contribution in [2.24, 2.45) is 0 Å². The van der Waals surface area contributed by atoms with Crippen LogP contribution in [0.4, 0.5) is 0 Å². The summed E-state index contributed by atoms with van der Waals surface area (Å²) in [7, 11) is 0. The first-order valence-corrected chi connectivity index (χ1v) is 5.83. The highest BCUT2D eigenvalue weighted by Gasteiger charge is 2.24. The van der Waals surface area contributed by atoms with Gasteiger partial charge in [-0.25, -0.2) is 4.79 Å². The first-order chi connectivity index (χ1) is 7.95. The number of hydrogen-bond acceptors (Lipinski definition) is 4. The van der Waals surface area contributed by atoms with Crippen molar-refractivity contribution in [3.8, 4) is 0 Å². The van der Waals surface area contributed by atoms with Gasteiger partial charge in [-0.15, -0.1) is 0 Å². The Morgan fingerprint density at radius 3 is 2.12 bits per heavy atom. The molecule has 96 valence electrons. The molecule has 0 aromatic heterocycles. The Balaban J connectivity index is 5.14. The maximum atomic E-state index is 11.7. The Kier molecular flexibility index (Phi) is 8.04. The van der Waals surface area contributed by atoms with E-state index in [9.17, 15) is 9.59 Å². The van der Waals surface area contributed by atoms with E-state index in [1.165, 1.54) is 0 Å². The summed E-state index contributed by atoms with van der Waals surface area (Å²) in [5, 5.41) is -0.465. The topological polar surface area (TPSA) is 52.6 Å². The van der Waals surface area contributed by atoms with E-state index in [0.717, 1.165) is 6.26 Å². The van der Waals surface area contributed by atoms with E-state index in [0.29, 0.717) is 0 Å². The number of hydrogen-bond donors (Lipinski definition) is 0. The average Bonchev–Trinajstić information content (AvgIpc) is 2.28. The number of carbonyl (C=O) groups excluding carboxylic acids is 2. The van der Waals surface area contributed by atoms with Crippen LogP contribution in [0, 0.1) is 0 Å². The highest BCUT2D eigenvalue weighted by atomic mass is 35.5. The van der Waals surface area contributed by atoms with Gasteiger partial charge in [-0.05, 0) is 13.8 Å². The van der Waals surface area contributed by atoms with Crippen LogP contribution >= 0.6 is 34.8 Å². The van der Waals surface area contributed by atoms with Crippen LogP contribution in [0.15, 0.2) is 21.4 Å². The Hall–Kier alpha value is -0.710. The molecule has 0 aliphatic rings. The van der Waals surface area contributed by atoms with Crippen LogP contribution in [-0.2, 0) is 19.1 Å². The summed E-state index contributed by atoms with van der Waals surface area (Å²) in [4.78, 5) is 23.2. The number of ketones is 1. The van der Waals surface area contributed by atoms with Crippen molar-refractivity contribution < 1.29 is 19.1 Å². The van der Waals surface area contributed by atoms with Crippen molar-refractivity contribution in [3.05, 3.63) is 21.4 Å². The van der Waals surface area contributed by atoms with E-state index in [2.05, 4.69) is 4.74 Å². The summed E-state index contributed by atoms with van der Waals surface area (Å²) < 4.78 is 9.11. The molecule has 4 nitrogen and oxygen atoms in total. The highest BCUT2D eigenvalue weighted by molar-refractivity contribution is 6.64. The third-order valence-corrected chi connectivity index (χ3v) is 2.41. The number of rotatable bonds is 6. The lowest BCUT2D eigenvalue weighted by molar-refractivity contribution is -0.139. The van der Waals surface area contributed by atoms with Crippen molar-refractivity contribution in [1.82, 2.24) is 0 Å². The number of halogens is 3. The molecule has 0 heterocycles. The molecule has 0 N–H and O–H groups in total. The molecular weight excluding hydrogens is 290 g/mol. The second-order valence-corrected chi connectivity index (χ2v) is 3.94. The Bertz CT molecular complexity index is 357. The molecule has 0 spiro atoms. The van der Waals surface area contributed by atoms with Gasteiger partial charge in [0.25, 0.3) is 0 Å². The number of ether oxygens (including phenoxy) is 2. The van der Waals surface area contributed by atoms with Gasteiger partial charge in [0.15, 0.2) is 0 Å². The van der Waals surface area contributed by atoms with E-state index in [1.54, 1.807) is 13.8 Å². The van der Waals surface area contributed by atoms with Gasteiger partial charge < -0.3 is 9.47 Å². The highest BCUT2D eigenvalue weighted by Crippen LogP contribution is 2.22. The first kappa shape index (κ1) is 16.3. The van der Waals surface area contributed by atoms with Gasteiger partial charge in [-0.2, -0.15) is 0 Å². The van der Waals surface area contributed by atoms with E-state index in [-0.39, 0.29) is 18.8 Å². The van der Waals surface area contributed by atoms with Gasteiger partial charge in [0.2, 0.25) is 5.78 Å². The summed E-state index contributed by atoms with van der Waals surface area (Å²) in [6, 6.07) is 0. The molecule has 0 unspecified atom stereocenters. The Morgan fingerprint density at radius 2 is 1.71 bits per heavy atom. The fraction of sp³-hybridized carbons (Fsp3) is 0.400. The average molecular weight is 302 g/mol. The molecule has 0 aromatic rings. The van der Waals surface area contributed by atoms with Crippen LogP contribution in [0.1, 0.15) is 13.8 Å². The lowest BCUT2D eigenvalue weighted by atomic mass is 10.2. The zero-order chi connectivity index (χ0) is 13.4. The Labute approximate surface area is 114 Å². The molecule has 0 saturated carbocycles. The molecule has 0 amide bonds. The fourth-order valence-corrected chi connectivity index (χ4v) is 1.05. The number of carbonyl (C=O) groups is 2. The van der Waals surface area contributed by atoms with Crippen LogP contribution in [0.2, 0.25) is 0 Å². The van der Waals surface area contributed by atoms with E-state index in [4.69, 9.17) is 39.5 Å². The van der Waals surface area contributed by atoms with E-state index in [1.807, 2.05) is 0 Å². The molecule has 0 saturated heterocycles. The standard InChI is InChI=1S/C10H11Cl3O4/c1-3-16-5-6(10(15)17-4-2)8(14)7(11)9(12)13/h5H,3-4H2,1-2H3/b6-5-. The zero-order valence-electron chi connectivity index (χ0n) is 9.26. The third kappa shape index (κ3) is 5.44. The predicted molar refractivity (Wildman–Crippen MR) is 65.9 cm³/mol. The molecule has 0 rings (SSSR count). The molecular formula is C10H11Cl3O4. The van der Waals surface area contributed by atoms with Crippen molar-refractivity contribution in [2.75, 3.05) is 13.2 Å². The fourth-order valence-electron chi connectivity index (χ4n) is 0.774. The van der Waals surface area contributed by atoms with Crippen LogP contribution in [0.3, 0.4) is 0 Å². The van der Waals surface area contributed by atoms with Crippen LogP contribution in [0.5, 0.6) is 0 Å². The second-order valence-electron chi connectivity index (χ2n) is 2.61. The quantitative estimate of drug-likeness (QED) is 0.249. The van der Waals surface area contributed by atoms with Gasteiger partial charge in [-0.1, -0.05) is 34.8 Å². The van der Waals surface area contributed by atoms with Crippen molar-refractivity contribution in [2.45, 2.75) is 13.8 Å². The molecule has 0 fully saturated rings. The molecule has 0 aromatic carbocycles. The van der Waals surface area contributed by atoms with Crippen molar-refractivity contribution >= 4 is 46.6 Å². The predicted octanol–water partition coefficient (Wildman–Crippen LogP) is 2.92. The Morgan fingerprint density at radius 1 is 1.12 bits per heavy atom. The number of allylic oxidation sites excluding steroid dienone is 1. The van der Waals surface area contributed by atoms with Crippen LogP contribution in [-0.4, -0.2) is 25.0 Å². The zero-order valence-corrected chi connectivity index (χ0v) is 11.5. The van der Waals surface area contributed by atoms with Gasteiger partial charge >= 0.3 is 5.97 Å². The second kappa shape index (κ2) is 8.39. The third-order valence-electron chi connectivity index (χ3n) is 1.47. The largest absolute Gasteiger partial charge is 0.500 e. The molecule has 0 bridgehead atoms.